The van der Waals surface area contributed by atoms with E-state index in [1.807, 2.05) is 0 Å². The number of hydrogen-bond acceptors (Lipinski definition) is 0. The maximum absolute atomic E-state index is 2.35. The van der Waals surface area contributed by atoms with Gasteiger partial charge in [0.15, 0.2) is 0 Å². The van der Waals surface area contributed by atoms with Crippen molar-refractivity contribution in [2.24, 2.45) is 0 Å². The molecule has 0 saturated carbocycles. The highest BCUT2D eigenvalue weighted by atomic mass is 14.2. The summed E-state index contributed by atoms with van der Waals surface area (Å²) in [6.45, 7) is 0. The van der Waals surface area contributed by atoms with E-state index in [4.69, 9.17) is 0 Å². The second-order valence-electron chi connectivity index (χ2n) is 7.80. The Labute approximate surface area is 176 Å². The van der Waals surface area contributed by atoms with Gasteiger partial charge >= 0.3 is 0 Å². The van der Waals surface area contributed by atoms with Gasteiger partial charge in [-0.25, -0.2) is 0 Å². The summed E-state index contributed by atoms with van der Waals surface area (Å²) in [4.78, 5) is 0. The third-order valence-corrected chi connectivity index (χ3v) is 6.03. The molecule has 0 aliphatic rings. The summed E-state index contributed by atoms with van der Waals surface area (Å²) in [5, 5.41) is 7.76. The fourth-order valence-corrected chi connectivity index (χ4v) is 4.61. The maximum Gasteiger partial charge on any atom is -0.00264 e. The smallest absolute Gasteiger partial charge is 0.00264 e. The molecule has 0 radical (unpaired) electrons. The zero-order valence-corrected chi connectivity index (χ0v) is 16.5. The molecule has 0 atom stereocenters. The van der Waals surface area contributed by atoms with E-state index >= 15 is 0 Å². The lowest BCUT2D eigenvalue weighted by molar-refractivity contribution is 1.60. The molecule has 6 aromatic rings. The lowest BCUT2D eigenvalue weighted by Gasteiger charge is -2.15. The van der Waals surface area contributed by atoms with Gasteiger partial charge in [-0.1, -0.05) is 109 Å². The van der Waals surface area contributed by atoms with Crippen LogP contribution in [-0.4, -0.2) is 0 Å². The Morgan fingerprint density at radius 2 is 0.933 bits per heavy atom. The van der Waals surface area contributed by atoms with Gasteiger partial charge in [-0.05, 0) is 66.7 Å². The molecule has 0 heterocycles. The van der Waals surface area contributed by atoms with E-state index in [-0.39, 0.29) is 0 Å². The van der Waals surface area contributed by atoms with Crippen molar-refractivity contribution in [3.63, 3.8) is 0 Å². The number of fused-ring (bicyclic) bond motifs is 4. The predicted molar refractivity (Wildman–Crippen MR) is 130 cm³/mol. The van der Waals surface area contributed by atoms with Gasteiger partial charge in [0.25, 0.3) is 0 Å². The van der Waals surface area contributed by atoms with E-state index in [0.717, 1.165) is 0 Å². The van der Waals surface area contributed by atoms with Crippen LogP contribution in [0.15, 0.2) is 121 Å². The maximum atomic E-state index is 2.35. The molecule has 30 heavy (non-hydrogen) atoms. The standard InChI is InChI=1S/C30H20/c1-2-9-21(10-3-1)26-14-6-7-15-27(26)28-16-8-13-22-17-18-25-19-23-11-4-5-12-24(23)20-29(25)30(22)28/h1-20H. The first-order valence-corrected chi connectivity index (χ1v) is 10.4. The molecule has 0 nitrogen and oxygen atoms in total. The fraction of sp³-hybridized carbons (Fsp3) is 0. The minimum Gasteiger partial charge on any atom is -0.0622 e. The molecule has 0 heteroatoms. The SMILES string of the molecule is c1ccc(-c2ccccc2-c2cccc3ccc4cc5ccccc5cc4c23)cc1. The molecular formula is C30H20. The van der Waals surface area contributed by atoms with Crippen LogP contribution in [0.3, 0.4) is 0 Å². The molecule has 0 bridgehead atoms. The second kappa shape index (κ2) is 6.86. The van der Waals surface area contributed by atoms with Gasteiger partial charge in [0, 0.05) is 0 Å². The van der Waals surface area contributed by atoms with E-state index in [9.17, 15) is 0 Å². The molecule has 0 aromatic heterocycles. The molecule has 0 unspecified atom stereocenters. The summed E-state index contributed by atoms with van der Waals surface area (Å²) in [6, 6.07) is 43.8. The lowest BCUT2D eigenvalue weighted by atomic mass is 9.89. The van der Waals surface area contributed by atoms with E-state index < -0.39 is 0 Å². The van der Waals surface area contributed by atoms with Crippen LogP contribution in [0.2, 0.25) is 0 Å². The summed E-state index contributed by atoms with van der Waals surface area (Å²) < 4.78 is 0. The second-order valence-corrected chi connectivity index (χ2v) is 7.80. The Balaban J connectivity index is 1.73. The molecule has 0 aliphatic carbocycles. The summed E-state index contributed by atoms with van der Waals surface area (Å²) >= 11 is 0. The molecule has 0 amide bonds. The summed E-state index contributed by atoms with van der Waals surface area (Å²) in [5.41, 5.74) is 5.07. The van der Waals surface area contributed by atoms with Crippen LogP contribution in [0, 0.1) is 0 Å². The quantitative estimate of drug-likeness (QED) is 0.209. The largest absolute Gasteiger partial charge is 0.0622 e. The molecule has 0 fully saturated rings. The van der Waals surface area contributed by atoms with E-state index in [2.05, 4.69) is 121 Å². The molecular weight excluding hydrogens is 360 g/mol. The topological polar surface area (TPSA) is 0 Å². The third kappa shape index (κ3) is 2.69. The van der Waals surface area contributed by atoms with Crippen molar-refractivity contribution in [3.05, 3.63) is 121 Å². The van der Waals surface area contributed by atoms with Crippen molar-refractivity contribution in [2.45, 2.75) is 0 Å². The van der Waals surface area contributed by atoms with Gasteiger partial charge in [0.05, 0.1) is 0 Å². The molecule has 6 rings (SSSR count). The van der Waals surface area contributed by atoms with Crippen LogP contribution in [0.4, 0.5) is 0 Å². The Hall–Kier alpha value is -3.90. The van der Waals surface area contributed by atoms with E-state index in [1.54, 1.807) is 0 Å². The van der Waals surface area contributed by atoms with Crippen LogP contribution in [-0.2, 0) is 0 Å². The van der Waals surface area contributed by atoms with Crippen molar-refractivity contribution in [2.75, 3.05) is 0 Å². The molecule has 140 valence electrons. The van der Waals surface area contributed by atoms with Crippen LogP contribution < -0.4 is 0 Å². The molecule has 0 saturated heterocycles. The summed E-state index contributed by atoms with van der Waals surface area (Å²) in [7, 11) is 0. The van der Waals surface area contributed by atoms with Crippen molar-refractivity contribution in [3.8, 4) is 22.3 Å². The summed E-state index contributed by atoms with van der Waals surface area (Å²) in [6.07, 6.45) is 0. The highest BCUT2D eigenvalue weighted by molar-refractivity contribution is 6.18. The Morgan fingerprint density at radius 1 is 0.333 bits per heavy atom. The number of hydrogen-bond donors (Lipinski definition) is 0. The van der Waals surface area contributed by atoms with Crippen LogP contribution in [0.25, 0.3) is 54.6 Å². The van der Waals surface area contributed by atoms with Gasteiger partial charge in [0.1, 0.15) is 0 Å². The Bertz CT molecular complexity index is 1520. The summed E-state index contributed by atoms with van der Waals surface area (Å²) in [5.74, 6) is 0. The number of benzene rings is 6. The average Bonchev–Trinajstić information content (AvgIpc) is 2.83. The molecule has 0 N–H and O–H groups in total. The monoisotopic (exact) mass is 380 g/mol. The Kier molecular flexibility index (Phi) is 3.89. The zero-order valence-electron chi connectivity index (χ0n) is 16.5. The van der Waals surface area contributed by atoms with Crippen LogP contribution >= 0.6 is 0 Å². The van der Waals surface area contributed by atoms with Crippen molar-refractivity contribution in [1.82, 2.24) is 0 Å². The first kappa shape index (κ1) is 17.0. The third-order valence-electron chi connectivity index (χ3n) is 6.03. The average molecular weight is 380 g/mol. The first-order valence-electron chi connectivity index (χ1n) is 10.4. The van der Waals surface area contributed by atoms with Gasteiger partial charge < -0.3 is 0 Å². The molecule has 0 aliphatic heterocycles. The van der Waals surface area contributed by atoms with Gasteiger partial charge in [-0.3, -0.25) is 0 Å². The van der Waals surface area contributed by atoms with Gasteiger partial charge in [0.2, 0.25) is 0 Å². The van der Waals surface area contributed by atoms with Gasteiger partial charge in [-0.15, -0.1) is 0 Å². The highest BCUT2D eigenvalue weighted by Gasteiger charge is 2.12. The lowest BCUT2D eigenvalue weighted by Crippen LogP contribution is -1.88. The van der Waals surface area contributed by atoms with Crippen LogP contribution in [0.5, 0.6) is 0 Å². The van der Waals surface area contributed by atoms with Gasteiger partial charge in [-0.2, -0.15) is 0 Å². The van der Waals surface area contributed by atoms with Crippen molar-refractivity contribution < 1.29 is 0 Å². The van der Waals surface area contributed by atoms with E-state index in [1.165, 1.54) is 54.6 Å². The highest BCUT2D eigenvalue weighted by Crippen LogP contribution is 2.39. The number of rotatable bonds is 2. The molecule has 0 spiro atoms. The van der Waals surface area contributed by atoms with Crippen molar-refractivity contribution >= 4 is 32.3 Å². The normalized spacial score (nSPS) is 11.3. The van der Waals surface area contributed by atoms with E-state index in [0.29, 0.717) is 0 Å². The predicted octanol–water partition coefficient (Wildman–Crippen LogP) is 8.48. The zero-order chi connectivity index (χ0) is 19.9. The minimum absolute atomic E-state index is 1.25. The minimum atomic E-state index is 1.25. The molecule has 6 aromatic carbocycles. The Morgan fingerprint density at radius 3 is 1.77 bits per heavy atom. The first-order chi connectivity index (χ1) is 14.9. The van der Waals surface area contributed by atoms with Crippen LogP contribution in [0.1, 0.15) is 0 Å². The van der Waals surface area contributed by atoms with Crippen molar-refractivity contribution in [1.29, 1.82) is 0 Å². The fourth-order valence-electron chi connectivity index (χ4n) is 4.61.